The van der Waals surface area contributed by atoms with Gasteiger partial charge >= 0.3 is 5.69 Å². The molecule has 0 spiro atoms. The van der Waals surface area contributed by atoms with E-state index in [2.05, 4.69) is 5.32 Å². The molecule has 5 nitrogen and oxygen atoms in total. The highest BCUT2D eigenvalue weighted by molar-refractivity contribution is 5.57. The molecule has 16 heavy (non-hydrogen) atoms. The Kier molecular flexibility index (Phi) is 2.55. The lowest BCUT2D eigenvalue weighted by Crippen LogP contribution is -2.25. The molecule has 0 aliphatic heterocycles. The molecule has 0 amide bonds. The predicted molar refractivity (Wildman–Crippen MR) is 59.6 cm³/mol. The van der Waals surface area contributed by atoms with Crippen LogP contribution in [-0.2, 0) is 5.54 Å². The van der Waals surface area contributed by atoms with E-state index in [9.17, 15) is 10.1 Å². The Hall–Kier alpha value is -1.62. The second-order valence-electron chi connectivity index (χ2n) is 3.95. The fourth-order valence-electron chi connectivity index (χ4n) is 2.04. The van der Waals surface area contributed by atoms with Gasteiger partial charge in [-0.25, -0.2) is 0 Å². The maximum Gasteiger partial charge on any atom is 0.315 e. The number of rotatable bonds is 4. The number of nitrogens with zero attached hydrogens (tertiary/aromatic N) is 1. The van der Waals surface area contributed by atoms with Gasteiger partial charge < -0.3 is 10.1 Å². The third-order valence-corrected chi connectivity index (χ3v) is 3.15. The van der Waals surface area contributed by atoms with Crippen LogP contribution >= 0.6 is 0 Å². The number of nitro groups is 1. The highest BCUT2D eigenvalue weighted by Gasteiger charge is 2.47. The van der Waals surface area contributed by atoms with E-state index in [0.29, 0.717) is 5.75 Å². The third-order valence-electron chi connectivity index (χ3n) is 3.15. The Morgan fingerprint density at radius 1 is 1.50 bits per heavy atom. The first kappa shape index (κ1) is 10.9. The topological polar surface area (TPSA) is 64.4 Å². The van der Waals surface area contributed by atoms with Gasteiger partial charge in [-0.3, -0.25) is 10.1 Å². The van der Waals surface area contributed by atoms with Crippen LogP contribution in [0.1, 0.15) is 18.4 Å². The molecule has 0 aromatic heterocycles. The molecule has 1 aromatic carbocycles. The SMILES string of the molecule is CNC1(c2cccc(OC)c2[N+](=O)[O-])CC1. The van der Waals surface area contributed by atoms with E-state index in [0.717, 1.165) is 18.4 Å². The van der Waals surface area contributed by atoms with Gasteiger partial charge in [0.15, 0.2) is 5.75 Å². The van der Waals surface area contributed by atoms with Crippen LogP contribution in [0.25, 0.3) is 0 Å². The zero-order valence-corrected chi connectivity index (χ0v) is 9.32. The summed E-state index contributed by atoms with van der Waals surface area (Å²) >= 11 is 0. The number of hydrogen-bond acceptors (Lipinski definition) is 4. The van der Waals surface area contributed by atoms with Crippen LogP contribution in [0.2, 0.25) is 0 Å². The van der Waals surface area contributed by atoms with E-state index in [1.807, 2.05) is 7.05 Å². The highest BCUT2D eigenvalue weighted by Crippen LogP contribution is 2.50. The van der Waals surface area contributed by atoms with Crippen molar-refractivity contribution < 1.29 is 9.66 Å². The van der Waals surface area contributed by atoms with Gasteiger partial charge in [-0.15, -0.1) is 0 Å². The third kappa shape index (κ3) is 1.53. The minimum atomic E-state index is -0.369. The average Bonchev–Trinajstić information content (AvgIpc) is 3.08. The first-order valence-corrected chi connectivity index (χ1v) is 5.15. The summed E-state index contributed by atoms with van der Waals surface area (Å²) in [5.41, 5.74) is 0.577. The summed E-state index contributed by atoms with van der Waals surface area (Å²) in [6.07, 6.45) is 1.86. The lowest BCUT2D eigenvalue weighted by atomic mass is 10.0. The summed E-state index contributed by atoms with van der Waals surface area (Å²) in [5.74, 6) is 0.323. The molecule has 86 valence electrons. The Morgan fingerprint density at radius 2 is 2.19 bits per heavy atom. The highest BCUT2D eigenvalue weighted by atomic mass is 16.6. The van der Waals surface area contributed by atoms with Crippen LogP contribution in [0.15, 0.2) is 18.2 Å². The molecule has 2 rings (SSSR count). The van der Waals surface area contributed by atoms with E-state index in [-0.39, 0.29) is 16.1 Å². The number of para-hydroxylation sites is 1. The Morgan fingerprint density at radius 3 is 2.62 bits per heavy atom. The number of nitrogens with one attached hydrogen (secondary N) is 1. The van der Waals surface area contributed by atoms with Crippen molar-refractivity contribution in [2.75, 3.05) is 14.2 Å². The number of hydrogen-bond donors (Lipinski definition) is 1. The van der Waals surface area contributed by atoms with Gasteiger partial charge in [0.1, 0.15) is 0 Å². The van der Waals surface area contributed by atoms with Crippen molar-refractivity contribution in [2.45, 2.75) is 18.4 Å². The zero-order valence-electron chi connectivity index (χ0n) is 9.32. The normalized spacial score (nSPS) is 16.9. The minimum absolute atomic E-state index is 0.0804. The van der Waals surface area contributed by atoms with Gasteiger partial charge in [0.25, 0.3) is 0 Å². The Balaban J connectivity index is 2.56. The molecule has 0 atom stereocenters. The molecule has 0 heterocycles. The molecule has 0 radical (unpaired) electrons. The van der Waals surface area contributed by atoms with Crippen LogP contribution < -0.4 is 10.1 Å². The van der Waals surface area contributed by atoms with Crippen LogP contribution in [0, 0.1) is 10.1 Å². The summed E-state index contributed by atoms with van der Waals surface area (Å²) in [5, 5.41) is 14.2. The first-order chi connectivity index (χ1) is 7.64. The van der Waals surface area contributed by atoms with Crippen LogP contribution in [0.4, 0.5) is 5.69 Å². The molecular weight excluding hydrogens is 208 g/mol. The lowest BCUT2D eigenvalue weighted by molar-refractivity contribution is -0.386. The standard InChI is InChI=1S/C11H14N2O3/c1-12-11(6-7-11)8-4-3-5-9(16-2)10(8)13(14)15/h3-5,12H,6-7H2,1-2H3. The smallest absolute Gasteiger partial charge is 0.315 e. The zero-order chi connectivity index (χ0) is 11.8. The Labute approximate surface area is 93.6 Å². The van der Waals surface area contributed by atoms with Gasteiger partial charge in [-0.2, -0.15) is 0 Å². The summed E-state index contributed by atoms with van der Waals surface area (Å²) in [4.78, 5) is 10.7. The fourth-order valence-corrected chi connectivity index (χ4v) is 2.04. The van der Waals surface area contributed by atoms with Gasteiger partial charge in [0.2, 0.25) is 0 Å². The molecule has 1 aliphatic rings. The molecule has 1 saturated carbocycles. The van der Waals surface area contributed by atoms with Gasteiger partial charge in [0, 0.05) is 0 Å². The number of benzene rings is 1. The number of ether oxygens (including phenoxy) is 1. The van der Waals surface area contributed by atoms with Crippen molar-refractivity contribution in [3.05, 3.63) is 33.9 Å². The molecule has 1 aromatic rings. The van der Waals surface area contributed by atoms with Gasteiger partial charge in [-0.05, 0) is 32.0 Å². The van der Waals surface area contributed by atoms with Crippen LogP contribution in [-0.4, -0.2) is 19.1 Å². The lowest BCUT2D eigenvalue weighted by Gasteiger charge is -2.15. The first-order valence-electron chi connectivity index (χ1n) is 5.15. The monoisotopic (exact) mass is 222 g/mol. The molecule has 0 bridgehead atoms. The predicted octanol–water partition coefficient (Wildman–Crippen LogP) is 1.81. The van der Waals surface area contributed by atoms with Crippen molar-refractivity contribution in [1.82, 2.24) is 5.32 Å². The number of methoxy groups -OCH3 is 1. The maximum absolute atomic E-state index is 11.1. The summed E-state index contributed by atoms with van der Waals surface area (Å²) in [6.45, 7) is 0. The van der Waals surface area contributed by atoms with Crippen molar-refractivity contribution in [1.29, 1.82) is 0 Å². The molecular formula is C11H14N2O3. The molecule has 1 aliphatic carbocycles. The molecule has 1 fully saturated rings. The average molecular weight is 222 g/mol. The Bertz CT molecular complexity index is 427. The van der Waals surface area contributed by atoms with E-state index in [1.54, 1.807) is 18.2 Å². The van der Waals surface area contributed by atoms with Crippen LogP contribution in [0.3, 0.4) is 0 Å². The number of nitro benzene ring substituents is 1. The molecule has 1 N–H and O–H groups in total. The molecule has 0 unspecified atom stereocenters. The van der Waals surface area contributed by atoms with Crippen molar-refractivity contribution in [3.8, 4) is 5.75 Å². The largest absolute Gasteiger partial charge is 0.490 e. The summed E-state index contributed by atoms with van der Waals surface area (Å²) in [7, 11) is 3.28. The van der Waals surface area contributed by atoms with E-state index < -0.39 is 0 Å². The van der Waals surface area contributed by atoms with E-state index in [4.69, 9.17) is 4.74 Å². The quantitative estimate of drug-likeness (QED) is 0.623. The summed E-state index contributed by atoms with van der Waals surface area (Å²) < 4.78 is 5.05. The van der Waals surface area contributed by atoms with Crippen molar-refractivity contribution >= 4 is 5.69 Å². The fraction of sp³-hybridized carbons (Fsp3) is 0.455. The minimum Gasteiger partial charge on any atom is -0.490 e. The van der Waals surface area contributed by atoms with Gasteiger partial charge in [0.05, 0.1) is 23.1 Å². The molecule has 5 heteroatoms. The van der Waals surface area contributed by atoms with Crippen LogP contribution in [0.5, 0.6) is 5.75 Å². The molecule has 0 saturated heterocycles. The van der Waals surface area contributed by atoms with E-state index >= 15 is 0 Å². The second kappa shape index (κ2) is 3.75. The second-order valence-corrected chi connectivity index (χ2v) is 3.95. The van der Waals surface area contributed by atoms with Gasteiger partial charge in [-0.1, -0.05) is 6.07 Å². The van der Waals surface area contributed by atoms with E-state index in [1.165, 1.54) is 7.11 Å². The maximum atomic E-state index is 11.1. The van der Waals surface area contributed by atoms with Crippen molar-refractivity contribution in [3.63, 3.8) is 0 Å². The van der Waals surface area contributed by atoms with Crippen molar-refractivity contribution in [2.24, 2.45) is 0 Å². The summed E-state index contributed by atoms with van der Waals surface area (Å²) in [6, 6.07) is 5.20.